The molecule has 4 aromatic rings. The van der Waals surface area contributed by atoms with Crippen LogP contribution in [0.3, 0.4) is 0 Å². The molecule has 1 N–H and O–H groups in total. The van der Waals surface area contributed by atoms with Crippen LogP contribution in [0.15, 0.2) is 121 Å². The van der Waals surface area contributed by atoms with E-state index >= 15 is 0 Å². The number of ether oxygens (including phenoxy) is 8. The van der Waals surface area contributed by atoms with Crippen LogP contribution in [-0.2, 0) is 69.1 Å². The zero-order valence-electron chi connectivity index (χ0n) is 38.7. The summed E-state index contributed by atoms with van der Waals surface area (Å²) in [5.74, 6) is -0.805. The lowest BCUT2D eigenvalue weighted by molar-refractivity contribution is -0.274. The van der Waals surface area contributed by atoms with Gasteiger partial charge in [0.25, 0.3) is 5.91 Å². The SMILES string of the molecule is CC(C)(C)OC(=O)NN(C(=O)OC(C)(C)C)C(CC[C@H]1O[C@H](COCc2ccccc2)[C@H](OCc2ccccc2)[C@H](OCc2ccccc2)[C@H]1OCc1ccccc1)C(=O)N1CCOC1=O. The normalized spacial score (nSPS) is 20.2. The van der Waals surface area contributed by atoms with E-state index in [-0.39, 0.29) is 52.4 Å². The highest BCUT2D eigenvalue weighted by Crippen LogP contribution is 2.34. The lowest BCUT2D eigenvalue weighted by Gasteiger charge is -2.47. The highest BCUT2D eigenvalue weighted by molar-refractivity contribution is 5.97. The van der Waals surface area contributed by atoms with Gasteiger partial charge in [-0.05, 0) is 76.6 Å². The molecule has 66 heavy (non-hydrogen) atoms. The van der Waals surface area contributed by atoms with E-state index in [0.717, 1.165) is 32.2 Å². The summed E-state index contributed by atoms with van der Waals surface area (Å²) in [6.45, 7) is 10.8. The minimum atomic E-state index is -1.51. The van der Waals surface area contributed by atoms with E-state index in [1.165, 1.54) is 0 Å². The van der Waals surface area contributed by atoms with Crippen LogP contribution >= 0.6 is 0 Å². The van der Waals surface area contributed by atoms with E-state index in [2.05, 4.69) is 5.43 Å². The van der Waals surface area contributed by atoms with E-state index in [9.17, 15) is 19.2 Å². The van der Waals surface area contributed by atoms with E-state index in [1.807, 2.05) is 121 Å². The molecule has 4 aromatic carbocycles. The topological polar surface area (TPSA) is 161 Å². The third-order valence-corrected chi connectivity index (χ3v) is 10.5. The highest BCUT2D eigenvalue weighted by Gasteiger charge is 2.50. The molecule has 15 nitrogen and oxygen atoms in total. The average molecular weight is 910 g/mol. The largest absolute Gasteiger partial charge is 0.447 e. The summed E-state index contributed by atoms with van der Waals surface area (Å²) < 4.78 is 50.4. The molecule has 354 valence electrons. The fourth-order valence-corrected chi connectivity index (χ4v) is 7.54. The lowest BCUT2D eigenvalue weighted by atomic mass is 9.90. The number of carbonyl (C=O) groups excluding carboxylic acids is 4. The monoisotopic (exact) mass is 909 g/mol. The van der Waals surface area contributed by atoms with Crippen LogP contribution < -0.4 is 5.43 Å². The van der Waals surface area contributed by atoms with Crippen molar-refractivity contribution in [2.45, 2.75) is 129 Å². The highest BCUT2D eigenvalue weighted by atomic mass is 16.6. The first-order chi connectivity index (χ1) is 31.6. The maximum absolute atomic E-state index is 14.6. The van der Waals surface area contributed by atoms with Gasteiger partial charge in [-0.25, -0.2) is 29.7 Å². The molecule has 2 heterocycles. The van der Waals surface area contributed by atoms with Crippen molar-refractivity contribution in [3.05, 3.63) is 144 Å². The van der Waals surface area contributed by atoms with Crippen molar-refractivity contribution in [3.63, 3.8) is 0 Å². The fourth-order valence-electron chi connectivity index (χ4n) is 7.54. The Kier molecular flexibility index (Phi) is 17.7. The van der Waals surface area contributed by atoms with Crippen molar-refractivity contribution >= 4 is 24.2 Å². The van der Waals surface area contributed by atoms with Crippen LogP contribution in [0.4, 0.5) is 14.4 Å². The predicted octanol–water partition coefficient (Wildman–Crippen LogP) is 8.53. The first-order valence-electron chi connectivity index (χ1n) is 22.4. The van der Waals surface area contributed by atoms with E-state index in [0.29, 0.717) is 6.61 Å². The van der Waals surface area contributed by atoms with Gasteiger partial charge >= 0.3 is 18.3 Å². The summed E-state index contributed by atoms with van der Waals surface area (Å²) in [5.41, 5.74) is 4.17. The van der Waals surface area contributed by atoms with Crippen molar-refractivity contribution < 1.29 is 57.1 Å². The number of imide groups is 1. The number of carbonyl (C=O) groups is 4. The van der Waals surface area contributed by atoms with E-state index in [1.54, 1.807) is 41.5 Å². The maximum atomic E-state index is 14.6. The van der Waals surface area contributed by atoms with Crippen LogP contribution in [0.25, 0.3) is 0 Å². The summed E-state index contributed by atoms with van der Waals surface area (Å²) in [4.78, 5) is 56.0. The fraction of sp³-hybridized carbons (Fsp3) is 0.451. The smallest absolute Gasteiger partial charge is 0.430 e. The van der Waals surface area contributed by atoms with Crippen molar-refractivity contribution in [3.8, 4) is 0 Å². The van der Waals surface area contributed by atoms with Crippen LogP contribution in [0.2, 0.25) is 0 Å². The van der Waals surface area contributed by atoms with Crippen LogP contribution in [0, 0.1) is 0 Å². The number of cyclic esters (lactones) is 1. The zero-order valence-corrected chi connectivity index (χ0v) is 38.7. The number of rotatable bonds is 18. The van der Waals surface area contributed by atoms with Gasteiger partial charge in [-0.15, -0.1) is 0 Å². The van der Waals surface area contributed by atoms with E-state index in [4.69, 9.17) is 37.9 Å². The molecule has 6 rings (SSSR count). The molecule has 4 amide bonds. The van der Waals surface area contributed by atoms with Gasteiger partial charge < -0.3 is 37.9 Å². The molecule has 0 saturated carbocycles. The second-order valence-corrected chi connectivity index (χ2v) is 18.2. The number of amides is 4. The quantitative estimate of drug-likeness (QED) is 0.0750. The molecule has 0 bridgehead atoms. The molecule has 2 aliphatic heterocycles. The Morgan fingerprint density at radius 1 is 0.652 bits per heavy atom. The van der Waals surface area contributed by atoms with Crippen molar-refractivity contribution in [2.24, 2.45) is 0 Å². The Morgan fingerprint density at radius 2 is 1.11 bits per heavy atom. The summed E-state index contributed by atoms with van der Waals surface area (Å²) in [6, 6.07) is 37.5. The first kappa shape index (κ1) is 49.6. The summed E-state index contributed by atoms with van der Waals surface area (Å²) in [6.07, 6.45) is -6.97. The van der Waals surface area contributed by atoms with Crippen LogP contribution in [0.5, 0.6) is 0 Å². The Hall–Kier alpha value is -5.84. The molecule has 0 aliphatic carbocycles. The van der Waals surface area contributed by atoms with Gasteiger partial charge in [0, 0.05) is 0 Å². The zero-order chi connectivity index (χ0) is 47.1. The first-order valence-corrected chi connectivity index (χ1v) is 22.4. The third kappa shape index (κ3) is 15.1. The molecule has 2 aliphatic rings. The number of benzene rings is 4. The lowest BCUT2D eigenvalue weighted by Crippen LogP contribution is -2.62. The maximum Gasteiger partial charge on any atom is 0.430 e. The second-order valence-electron chi connectivity index (χ2n) is 18.2. The molecule has 15 heteroatoms. The average Bonchev–Trinajstić information content (AvgIpc) is 3.72. The van der Waals surface area contributed by atoms with Gasteiger partial charge in [-0.3, -0.25) is 4.79 Å². The summed E-state index contributed by atoms with van der Waals surface area (Å²) in [7, 11) is 0. The van der Waals surface area contributed by atoms with E-state index < -0.39 is 72.0 Å². The standard InChI is InChI=1S/C51H63N3O12/c1-50(2,3)65-47(56)52-54(49(58)66-51(4,5)6)40(46(55)53-29-30-60-48(53)57)27-28-41-43(61-32-37-21-13-8-14-22-37)45(63-34-39-25-17-10-18-26-39)44(62-33-38-23-15-9-16-24-38)42(64-41)35-59-31-36-19-11-7-12-20-36/h7-26,40-45H,27-35H2,1-6H3,(H,52,56)/t40?,41-,42-,43+,44+,45-/m1/s1. The molecule has 0 aromatic heterocycles. The number of hydrazine groups is 1. The Bertz CT molecular complexity index is 2130. The summed E-state index contributed by atoms with van der Waals surface area (Å²) in [5, 5.41) is 0.783. The van der Waals surface area contributed by atoms with Crippen LogP contribution in [0.1, 0.15) is 76.6 Å². The molecular formula is C51H63N3O12. The van der Waals surface area contributed by atoms with Crippen molar-refractivity contribution in [2.75, 3.05) is 19.8 Å². The van der Waals surface area contributed by atoms with Gasteiger partial charge in [-0.1, -0.05) is 121 Å². The van der Waals surface area contributed by atoms with Gasteiger partial charge in [0.1, 0.15) is 48.3 Å². The molecule has 0 radical (unpaired) electrons. The molecule has 6 atom stereocenters. The second kappa shape index (κ2) is 23.6. The molecule has 1 unspecified atom stereocenters. The molecular weight excluding hydrogens is 847 g/mol. The van der Waals surface area contributed by atoms with Crippen molar-refractivity contribution in [1.29, 1.82) is 0 Å². The minimum absolute atomic E-state index is 0.0415. The van der Waals surface area contributed by atoms with Crippen LogP contribution in [-0.4, -0.2) is 102 Å². The number of nitrogens with zero attached hydrogens (tertiary/aromatic N) is 2. The number of hydrogen-bond acceptors (Lipinski definition) is 12. The number of hydrogen-bond donors (Lipinski definition) is 1. The Morgan fingerprint density at radius 3 is 1.56 bits per heavy atom. The summed E-state index contributed by atoms with van der Waals surface area (Å²) >= 11 is 0. The third-order valence-electron chi connectivity index (χ3n) is 10.5. The molecule has 2 fully saturated rings. The minimum Gasteiger partial charge on any atom is -0.447 e. The predicted molar refractivity (Wildman–Crippen MR) is 243 cm³/mol. The Labute approximate surface area is 387 Å². The van der Waals surface area contributed by atoms with Crippen molar-refractivity contribution in [1.82, 2.24) is 15.3 Å². The van der Waals surface area contributed by atoms with Gasteiger partial charge in [-0.2, -0.15) is 0 Å². The van der Waals surface area contributed by atoms with Gasteiger partial charge in [0.15, 0.2) is 0 Å². The number of nitrogens with one attached hydrogen (secondary N) is 1. The Balaban J connectivity index is 1.39. The molecule has 0 spiro atoms. The molecule has 2 saturated heterocycles. The van der Waals surface area contributed by atoms with Gasteiger partial charge in [0.05, 0.1) is 45.7 Å². The van der Waals surface area contributed by atoms with Gasteiger partial charge in [0.2, 0.25) is 0 Å².